The topological polar surface area (TPSA) is 32.3 Å². The predicted octanol–water partition coefficient (Wildman–Crippen LogP) is 4.01. The molecule has 0 radical (unpaired) electrons. The van der Waals surface area contributed by atoms with Gasteiger partial charge in [-0.2, -0.15) is 0 Å². The van der Waals surface area contributed by atoms with E-state index in [-0.39, 0.29) is 5.82 Å². The molecule has 2 nitrogen and oxygen atoms in total. The monoisotopic (exact) mass is 343 g/mol. The molecule has 1 aliphatic rings. The second-order valence-corrected chi connectivity index (χ2v) is 7.59. The number of rotatable bonds is 4. The van der Waals surface area contributed by atoms with Crippen molar-refractivity contribution in [2.45, 2.75) is 51.7 Å². The fraction of sp³-hybridized carbons (Fsp3) is 0.625. The second kappa shape index (κ2) is 6.12. The molecule has 1 fully saturated rings. The highest BCUT2D eigenvalue weighted by Crippen LogP contribution is 2.39. The molecule has 0 atom stereocenters. The molecule has 2 N–H and O–H groups in total. The standard InChI is InChI=1S/C16H23BrFNO/c1-15(2)5-7-16(20,8-6-15)11-19-10-12-3-4-14(18)13(17)9-12/h3-4,9,19-20H,5-8,10-11H2,1-2H3. The first-order chi connectivity index (χ1) is 9.30. The molecule has 0 amide bonds. The van der Waals surface area contributed by atoms with Crippen molar-refractivity contribution in [3.8, 4) is 0 Å². The van der Waals surface area contributed by atoms with E-state index in [1.807, 2.05) is 0 Å². The lowest BCUT2D eigenvalue weighted by Gasteiger charge is -2.40. The molecule has 0 aromatic heterocycles. The highest BCUT2D eigenvalue weighted by molar-refractivity contribution is 9.10. The van der Waals surface area contributed by atoms with Crippen molar-refractivity contribution >= 4 is 15.9 Å². The first-order valence-electron chi connectivity index (χ1n) is 7.17. The van der Waals surface area contributed by atoms with Crippen molar-refractivity contribution in [1.29, 1.82) is 0 Å². The number of hydrogen-bond donors (Lipinski definition) is 2. The predicted molar refractivity (Wildman–Crippen MR) is 83.0 cm³/mol. The number of benzene rings is 1. The Morgan fingerprint density at radius 1 is 1.25 bits per heavy atom. The molecular weight excluding hydrogens is 321 g/mol. The summed E-state index contributed by atoms with van der Waals surface area (Å²) in [6, 6.07) is 5.00. The third-order valence-electron chi connectivity index (χ3n) is 4.30. The maximum absolute atomic E-state index is 13.1. The summed E-state index contributed by atoms with van der Waals surface area (Å²) >= 11 is 3.19. The van der Waals surface area contributed by atoms with Crippen molar-refractivity contribution in [2.24, 2.45) is 5.41 Å². The molecule has 1 aromatic rings. The largest absolute Gasteiger partial charge is 0.389 e. The summed E-state index contributed by atoms with van der Waals surface area (Å²) in [7, 11) is 0. The smallest absolute Gasteiger partial charge is 0.137 e. The van der Waals surface area contributed by atoms with Gasteiger partial charge in [0.25, 0.3) is 0 Å². The van der Waals surface area contributed by atoms with Gasteiger partial charge in [-0.05, 0) is 64.7 Å². The van der Waals surface area contributed by atoms with E-state index in [0.717, 1.165) is 31.2 Å². The van der Waals surface area contributed by atoms with Crippen molar-refractivity contribution in [2.75, 3.05) is 6.54 Å². The van der Waals surface area contributed by atoms with Gasteiger partial charge in [0, 0.05) is 13.1 Å². The van der Waals surface area contributed by atoms with E-state index in [1.54, 1.807) is 12.1 Å². The maximum Gasteiger partial charge on any atom is 0.137 e. The highest BCUT2D eigenvalue weighted by Gasteiger charge is 2.36. The van der Waals surface area contributed by atoms with Crippen LogP contribution in [0.25, 0.3) is 0 Å². The zero-order chi connectivity index (χ0) is 14.8. The quantitative estimate of drug-likeness (QED) is 0.865. The van der Waals surface area contributed by atoms with Crippen LogP contribution < -0.4 is 5.32 Å². The Morgan fingerprint density at radius 2 is 1.90 bits per heavy atom. The summed E-state index contributed by atoms with van der Waals surface area (Å²) in [5.41, 5.74) is 0.777. The first-order valence-corrected chi connectivity index (χ1v) is 7.96. The van der Waals surface area contributed by atoms with E-state index in [1.165, 1.54) is 6.07 Å². The van der Waals surface area contributed by atoms with Crippen molar-refractivity contribution in [1.82, 2.24) is 5.32 Å². The summed E-state index contributed by atoms with van der Waals surface area (Å²) in [4.78, 5) is 0. The Kier molecular flexibility index (Phi) is 4.88. The lowest BCUT2D eigenvalue weighted by molar-refractivity contribution is -0.0245. The van der Waals surface area contributed by atoms with Gasteiger partial charge in [-0.15, -0.1) is 0 Å². The zero-order valence-corrected chi connectivity index (χ0v) is 13.8. The van der Waals surface area contributed by atoms with Gasteiger partial charge in [-0.25, -0.2) is 4.39 Å². The summed E-state index contributed by atoms with van der Waals surface area (Å²) in [5, 5.41) is 13.8. The molecule has 20 heavy (non-hydrogen) atoms. The van der Waals surface area contributed by atoms with Crippen LogP contribution in [0.1, 0.15) is 45.1 Å². The third-order valence-corrected chi connectivity index (χ3v) is 4.91. The van der Waals surface area contributed by atoms with Crippen LogP contribution in [0.2, 0.25) is 0 Å². The van der Waals surface area contributed by atoms with Crippen molar-refractivity contribution < 1.29 is 9.50 Å². The lowest BCUT2D eigenvalue weighted by Crippen LogP contribution is -2.44. The molecule has 112 valence electrons. The van der Waals surface area contributed by atoms with Crippen LogP contribution in [0.3, 0.4) is 0 Å². The van der Waals surface area contributed by atoms with Gasteiger partial charge in [0.15, 0.2) is 0 Å². The normalized spacial score (nSPS) is 20.9. The van der Waals surface area contributed by atoms with Crippen LogP contribution in [0.4, 0.5) is 4.39 Å². The number of nitrogens with one attached hydrogen (secondary N) is 1. The van der Waals surface area contributed by atoms with E-state index < -0.39 is 5.60 Å². The molecular formula is C16H23BrFNO. The Labute approximate surface area is 128 Å². The van der Waals surface area contributed by atoms with Crippen LogP contribution in [0.5, 0.6) is 0 Å². The molecule has 0 aliphatic heterocycles. The Bertz CT molecular complexity index is 466. The third kappa shape index (κ3) is 4.27. The van der Waals surface area contributed by atoms with E-state index in [2.05, 4.69) is 35.1 Å². The van der Waals surface area contributed by atoms with Crippen LogP contribution in [0.15, 0.2) is 22.7 Å². The average molecular weight is 344 g/mol. The van der Waals surface area contributed by atoms with Gasteiger partial charge in [0.1, 0.15) is 5.82 Å². The number of hydrogen-bond acceptors (Lipinski definition) is 2. The minimum absolute atomic E-state index is 0.248. The van der Waals surface area contributed by atoms with Crippen molar-refractivity contribution in [3.05, 3.63) is 34.1 Å². The number of aliphatic hydroxyl groups is 1. The van der Waals surface area contributed by atoms with Crippen LogP contribution in [-0.2, 0) is 6.54 Å². The maximum atomic E-state index is 13.1. The molecule has 0 unspecified atom stereocenters. The highest BCUT2D eigenvalue weighted by atomic mass is 79.9. The molecule has 1 saturated carbocycles. The second-order valence-electron chi connectivity index (χ2n) is 6.74. The minimum atomic E-state index is -0.590. The molecule has 1 aliphatic carbocycles. The van der Waals surface area contributed by atoms with E-state index >= 15 is 0 Å². The van der Waals surface area contributed by atoms with Crippen LogP contribution in [-0.4, -0.2) is 17.3 Å². The summed E-state index contributed by atoms with van der Waals surface area (Å²) in [6.45, 7) is 5.76. The molecule has 4 heteroatoms. The Morgan fingerprint density at radius 3 is 2.50 bits per heavy atom. The fourth-order valence-corrected chi connectivity index (χ4v) is 3.08. The van der Waals surface area contributed by atoms with Gasteiger partial charge >= 0.3 is 0 Å². The van der Waals surface area contributed by atoms with Gasteiger partial charge < -0.3 is 10.4 Å². The van der Waals surface area contributed by atoms with Crippen molar-refractivity contribution in [3.63, 3.8) is 0 Å². The molecule has 0 bridgehead atoms. The zero-order valence-electron chi connectivity index (χ0n) is 12.2. The molecule has 2 rings (SSSR count). The lowest BCUT2D eigenvalue weighted by atomic mass is 9.71. The van der Waals surface area contributed by atoms with Gasteiger partial charge in [-0.3, -0.25) is 0 Å². The summed E-state index contributed by atoms with van der Waals surface area (Å²) < 4.78 is 13.6. The average Bonchev–Trinajstić information content (AvgIpc) is 2.38. The Balaban J connectivity index is 1.82. The SMILES string of the molecule is CC1(C)CCC(O)(CNCc2ccc(F)c(Br)c2)CC1. The molecule has 1 aromatic carbocycles. The molecule has 0 heterocycles. The first kappa shape index (κ1) is 15.9. The summed E-state index contributed by atoms with van der Waals surface area (Å²) in [6.07, 6.45) is 3.82. The molecule has 0 spiro atoms. The van der Waals surface area contributed by atoms with Gasteiger partial charge in [0.05, 0.1) is 10.1 Å². The van der Waals surface area contributed by atoms with E-state index in [4.69, 9.17) is 0 Å². The van der Waals surface area contributed by atoms with Crippen LogP contribution >= 0.6 is 15.9 Å². The molecule has 0 saturated heterocycles. The van der Waals surface area contributed by atoms with Gasteiger partial charge in [-0.1, -0.05) is 19.9 Å². The van der Waals surface area contributed by atoms with E-state index in [9.17, 15) is 9.50 Å². The summed E-state index contributed by atoms with van der Waals surface area (Å²) in [5.74, 6) is -0.248. The Hall–Kier alpha value is -0.450. The fourth-order valence-electron chi connectivity index (χ4n) is 2.66. The number of halogens is 2. The minimum Gasteiger partial charge on any atom is -0.389 e. The van der Waals surface area contributed by atoms with Gasteiger partial charge in [0.2, 0.25) is 0 Å². The van der Waals surface area contributed by atoms with E-state index in [0.29, 0.717) is 23.0 Å². The van der Waals surface area contributed by atoms with Crippen LogP contribution in [0, 0.1) is 11.2 Å².